The molecule has 1 aromatic rings. The smallest absolute Gasteiger partial charge is 0.410 e. The van der Waals surface area contributed by atoms with Gasteiger partial charge >= 0.3 is 12.1 Å². The third-order valence-electron chi connectivity index (χ3n) is 4.30. The second kappa shape index (κ2) is 8.92. The highest BCUT2D eigenvalue weighted by atomic mass is 16.6. The van der Waals surface area contributed by atoms with Gasteiger partial charge in [0.15, 0.2) is 0 Å². The van der Waals surface area contributed by atoms with Crippen LogP contribution in [0.4, 0.5) is 4.79 Å². The van der Waals surface area contributed by atoms with E-state index in [1.165, 1.54) is 0 Å². The molecule has 1 N–H and O–H groups in total. The number of carboxylic acid groups (broad SMARTS) is 1. The first-order chi connectivity index (χ1) is 12.2. The van der Waals surface area contributed by atoms with Crippen LogP contribution in [0.15, 0.2) is 24.3 Å². The molecule has 0 atom stereocenters. The lowest BCUT2D eigenvalue weighted by atomic mass is 9.98. The maximum Gasteiger partial charge on any atom is 0.410 e. The molecule has 1 aliphatic heterocycles. The molecule has 0 spiro atoms. The standard InChI is InChI=1S/C20H29NO5/c1-20(2,3)26-19(24)21-12-10-16(11-13-21)14-25-17-7-4-15(5-8-17)6-9-18(22)23/h4-5,7-8,16H,6,9-14H2,1-3H3,(H,22,23). The minimum atomic E-state index is -0.789. The van der Waals surface area contributed by atoms with Gasteiger partial charge in [0, 0.05) is 19.5 Å². The van der Waals surface area contributed by atoms with E-state index in [9.17, 15) is 9.59 Å². The maximum atomic E-state index is 12.1. The quantitative estimate of drug-likeness (QED) is 0.833. The third-order valence-corrected chi connectivity index (χ3v) is 4.30. The van der Waals surface area contributed by atoms with Crippen LogP contribution >= 0.6 is 0 Å². The summed E-state index contributed by atoms with van der Waals surface area (Å²) in [5.74, 6) is 0.419. The molecule has 1 amide bonds. The van der Waals surface area contributed by atoms with E-state index in [0.717, 1.165) is 24.2 Å². The lowest BCUT2D eigenvalue weighted by molar-refractivity contribution is -0.136. The van der Waals surface area contributed by atoms with Crippen LogP contribution in [0, 0.1) is 5.92 Å². The number of benzene rings is 1. The van der Waals surface area contributed by atoms with Gasteiger partial charge < -0.3 is 19.5 Å². The molecule has 1 saturated heterocycles. The maximum absolute atomic E-state index is 12.1. The van der Waals surface area contributed by atoms with Gasteiger partial charge in [-0.05, 0) is 63.6 Å². The first-order valence-electron chi connectivity index (χ1n) is 9.14. The Morgan fingerprint density at radius 3 is 2.31 bits per heavy atom. The topological polar surface area (TPSA) is 76.1 Å². The number of amides is 1. The van der Waals surface area contributed by atoms with Crippen LogP contribution < -0.4 is 4.74 Å². The fourth-order valence-electron chi connectivity index (χ4n) is 2.83. The number of hydrogen-bond acceptors (Lipinski definition) is 4. The molecule has 0 bridgehead atoms. The van der Waals surface area contributed by atoms with Crippen LogP contribution in [0.2, 0.25) is 0 Å². The molecule has 0 unspecified atom stereocenters. The number of aryl methyl sites for hydroxylation is 1. The first-order valence-corrected chi connectivity index (χ1v) is 9.14. The highest BCUT2D eigenvalue weighted by Gasteiger charge is 2.27. The second-order valence-corrected chi connectivity index (χ2v) is 7.76. The Bertz CT molecular complexity index is 598. The lowest BCUT2D eigenvalue weighted by Crippen LogP contribution is -2.42. The minimum Gasteiger partial charge on any atom is -0.493 e. The largest absolute Gasteiger partial charge is 0.493 e. The van der Waals surface area contributed by atoms with Gasteiger partial charge in [0.1, 0.15) is 11.4 Å². The van der Waals surface area contributed by atoms with Crippen molar-refractivity contribution in [3.8, 4) is 5.75 Å². The zero-order valence-electron chi connectivity index (χ0n) is 15.9. The summed E-state index contributed by atoms with van der Waals surface area (Å²) in [6.45, 7) is 7.63. The van der Waals surface area contributed by atoms with Crippen molar-refractivity contribution in [2.45, 2.75) is 52.1 Å². The van der Waals surface area contributed by atoms with Crippen LogP contribution in [0.3, 0.4) is 0 Å². The molecular formula is C20H29NO5. The summed E-state index contributed by atoms with van der Waals surface area (Å²) in [7, 11) is 0. The number of likely N-dealkylation sites (tertiary alicyclic amines) is 1. The zero-order chi connectivity index (χ0) is 19.2. The van der Waals surface area contributed by atoms with E-state index in [0.29, 0.717) is 32.0 Å². The monoisotopic (exact) mass is 363 g/mol. The number of rotatable bonds is 6. The van der Waals surface area contributed by atoms with Crippen LogP contribution in [0.25, 0.3) is 0 Å². The fraction of sp³-hybridized carbons (Fsp3) is 0.600. The Hall–Kier alpha value is -2.24. The SMILES string of the molecule is CC(C)(C)OC(=O)N1CCC(COc2ccc(CCC(=O)O)cc2)CC1. The first kappa shape index (κ1) is 20.1. The molecule has 144 valence electrons. The lowest BCUT2D eigenvalue weighted by Gasteiger charge is -2.33. The Balaban J connectivity index is 1.71. The summed E-state index contributed by atoms with van der Waals surface area (Å²) in [6.07, 6.45) is 2.22. The normalized spacial score (nSPS) is 15.6. The fourth-order valence-corrected chi connectivity index (χ4v) is 2.83. The molecule has 6 nitrogen and oxygen atoms in total. The Labute approximate surface area is 155 Å². The molecule has 1 fully saturated rings. The predicted molar refractivity (Wildman–Crippen MR) is 98.4 cm³/mol. The number of carbonyl (C=O) groups excluding carboxylic acids is 1. The highest BCUT2D eigenvalue weighted by Crippen LogP contribution is 2.21. The molecule has 0 radical (unpaired) electrons. The Morgan fingerprint density at radius 2 is 1.77 bits per heavy atom. The van der Waals surface area contributed by atoms with Crippen LogP contribution in [0.5, 0.6) is 5.75 Å². The van der Waals surface area contributed by atoms with Gasteiger partial charge in [-0.3, -0.25) is 4.79 Å². The van der Waals surface area contributed by atoms with Crippen molar-refractivity contribution in [2.24, 2.45) is 5.92 Å². The van der Waals surface area contributed by atoms with Crippen molar-refractivity contribution in [2.75, 3.05) is 19.7 Å². The molecule has 0 saturated carbocycles. The van der Waals surface area contributed by atoms with E-state index in [2.05, 4.69) is 0 Å². The van der Waals surface area contributed by atoms with Crippen molar-refractivity contribution in [1.82, 2.24) is 4.90 Å². The average Bonchev–Trinajstić information content (AvgIpc) is 2.58. The predicted octanol–water partition coefficient (Wildman–Crippen LogP) is 3.73. The van der Waals surface area contributed by atoms with E-state index in [-0.39, 0.29) is 12.5 Å². The number of aliphatic carboxylic acids is 1. The van der Waals surface area contributed by atoms with E-state index in [4.69, 9.17) is 14.6 Å². The summed E-state index contributed by atoms with van der Waals surface area (Å²) in [5.41, 5.74) is 0.527. The van der Waals surface area contributed by atoms with Gasteiger partial charge in [-0.1, -0.05) is 12.1 Å². The van der Waals surface area contributed by atoms with E-state index < -0.39 is 11.6 Å². The molecule has 0 aromatic heterocycles. The van der Waals surface area contributed by atoms with Crippen molar-refractivity contribution >= 4 is 12.1 Å². The second-order valence-electron chi connectivity index (χ2n) is 7.76. The minimum absolute atomic E-state index is 0.135. The van der Waals surface area contributed by atoms with Crippen LogP contribution in [-0.4, -0.2) is 47.4 Å². The summed E-state index contributed by atoms with van der Waals surface area (Å²) >= 11 is 0. The summed E-state index contributed by atoms with van der Waals surface area (Å²) < 4.78 is 11.3. The van der Waals surface area contributed by atoms with Crippen molar-refractivity contribution < 1.29 is 24.2 Å². The number of piperidine rings is 1. The molecule has 6 heteroatoms. The molecule has 2 rings (SSSR count). The van der Waals surface area contributed by atoms with Gasteiger partial charge in [-0.25, -0.2) is 4.79 Å². The molecule has 1 aromatic carbocycles. The molecule has 26 heavy (non-hydrogen) atoms. The van der Waals surface area contributed by atoms with Crippen LogP contribution in [-0.2, 0) is 16.0 Å². The molecular weight excluding hydrogens is 334 g/mol. The molecule has 0 aliphatic carbocycles. The van der Waals surface area contributed by atoms with Crippen molar-refractivity contribution in [1.29, 1.82) is 0 Å². The average molecular weight is 363 g/mol. The number of ether oxygens (including phenoxy) is 2. The zero-order valence-corrected chi connectivity index (χ0v) is 15.9. The van der Waals surface area contributed by atoms with E-state index in [1.807, 2.05) is 45.0 Å². The van der Waals surface area contributed by atoms with Crippen molar-refractivity contribution in [3.63, 3.8) is 0 Å². The third kappa shape index (κ3) is 6.94. The number of nitrogens with zero attached hydrogens (tertiary/aromatic N) is 1. The van der Waals surface area contributed by atoms with Crippen molar-refractivity contribution in [3.05, 3.63) is 29.8 Å². The van der Waals surface area contributed by atoms with Gasteiger partial charge in [0.25, 0.3) is 0 Å². The molecule has 1 aliphatic rings. The van der Waals surface area contributed by atoms with E-state index >= 15 is 0 Å². The number of carbonyl (C=O) groups is 2. The number of carboxylic acids is 1. The summed E-state index contributed by atoms with van der Waals surface area (Å²) in [5, 5.41) is 8.71. The highest BCUT2D eigenvalue weighted by molar-refractivity contribution is 5.68. The molecule has 1 heterocycles. The van der Waals surface area contributed by atoms with Gasteiger partial charge in [-0.2, -0.15) is 0 Å². The van der Waals surface area contributed by atoms with Gasteiger partial charge in [0.2, 0.25) is 0 Å². The van der Waals surface area contributed by atoms with Gasteiger partial charge in [-0.15, -0.1) is 0 Å². The summed E-state index contributed by atoms with van der Waals surface area (Å²) in [4.78, 5) is 24.4. The van der Waals surface area contributed by atoms with E-state index in [1.54, 1.807) is 4.90 Å². The van der Waals surface area contributed by atoms with Crippen LogP contribution in [0.1, 0.15) is 45.6 Å². The van der Waals surface area contributed by atoms with Gasteiger partial charge in [0.05, 0.1) is 6.61 Å². The Morgan fingerprint density at radius 1 is 1.15 bits per heavy atom. The number of hydrogen-bond donors (Lipinski definition) is 1. The summed E-state index contributed by atoms with van der Waals surface area (Å²) in [6, 6.07) is 7.58. The Kier molecular flexibility index (Phi) is 6.89.